The van der Waals surface area contributed by atoms with Crippen LogP contribution in [0.5, 0.6) is 5.75 Å². The Kier molecular flexibility index (Phi) is 8.57. The van der Waals surface area contributed by atoms with Gasteiger partial charge >= 0.3 is 0 Å². The van der Waals surface area contributed by atoms with Crippen molar-refractivity contribution in [3.8, 4) is 61.9 Å². The number of para-hydroxylation sites is 4. The smallest absolute Gasteiger partial charge is 0.255 e. The fourth-order valence-electron chi connectivity index (χ4n) is 6.42. The first-order valence-corrected chi connectivity index (χ1v) is 15.8. The first-order valence-electron chi connectivity index (χ1n) is 15.8. The van der Waals surface area contributed by atoms with Crippen molar-refractivity contribution in [3.05, 3.63) is 176 Å². The molecule has 0 amide bonds. The van der Waals surface area contributed by atoms with Crippen LogP contribution in [-0.2, 0) is 0 Å². The van der Waals surface area contributed by atoms with Crippen molar-refractivity contribution in [2.45, 2.75) is 0 Å². The van der Waals surface area contributed by atoms with Gasteiger partial charge in [-0.2, -0.15) is 9.13 Å². The zero-order valence-electron chi connectivity index (χ0n) is 26.4. The average molecular weight is 642 g/mol. The lowest BCUT2D eigenvalue weighted by Gasteiger charge is -2.13. The lowest BCUT2D eigenvalue weighted by Crippen LogP contribution is -3.00. The molecule has 2 aromatic heterocycles. The van der Waals surface area contributed by atoms with E-state index in [1.54, 1.807) is 7.11 Å². The summed E-state index contributed by atoms with van der Waals surface area (Å²) in [6.45, 7) is 0. The molecule has 8 aromatic rings. The van der Waals surface area contributed by atoms with Crippen LogP contribution in [0.2, 0.25) is 0 Å². The molecule has 0 radical (unpaired) electrons. The minimum Gasteiger partial charge on any atom is -1.00 e. The van der Waals surface area contributed by atoms with Crippen LogP contribution < -0.4 is 21.7 Å². The molecule has 0 saturated carbocycles. The van der Waals surface area contributed by atoms with Gasteiger partial charge in [-0.3, -0.25) is 0 Å². The molecule has 0 atom stereocenters. The Morgan fingerprint density at radius 1 is 0.521 bits per heavy atom. The number of halogens is 1. The molecule has 0 N–H and O–H groups in total. The number of methoxy groups -OCH3 is 1. The quantitative estimate of drug-likeness (QED) is 0.176. The van der Waals surface area contributed by atoms with Crippen LogP contribution in [0.4, 0.5) is 0 Å². The summed E-state index contributed by atoms with van der Waals surface area (Å²) in [7, 11) is 1.70. The molecule has 48 heavy (non-hydrogen) atoms. The van der Waals surface area contributed by atoms with Gasteiger partial charge in [0.2, 0.25) is 0 Å². The van der Waals surface area contributed by atoms with E-state index in [0.29, 0.717) is 0 Å². The summed E-state index contributed by atoms with van der Waals surface area (Å²) in [4.78, 5) is 5.07. The molecule has 0 aliphatic heterocycles. The van der Waals surface area contributed by atoms with E-state index < -0.39 is 0 Å². The monoisotopic (exact) mass is 641 g/mol. The number of hydrogen-bond acceptors (Lipinski definition) is 2. The van der Waals surface area contributed by atoms with Crippen LogP contribution in [-0.4, -0.2) is 16.7 Å². The summed E-state index contributed by atoms with van der Waals surface area (Å²) in [5.74, 6) is 0.805. The van der Waals surface area contributed by atoms with Crippen LogP contribution in [0.15, 0.2) is 176 Å². The third-order valence-electron chi connectivity index (χ3n) is 8.63. The number of fused-ring (bicyclic) bond motifs is 1. The van der Waals surface area contributed by atoms with Gasteiger partial charge in [0, 0.05) is 22.3 Å². The summed E-state index contributed by atoms with van der Waals surface area (Å²) < 4.78 is 10.2. The fourth-order valence-corrected chi connectivity index (χ4v) is 6.42. The third kappa shape index (κ3) is 5.63. The zero-order valence-corrected chi connectivity index (χ0v) is 27.1. The second-order valence-electron chi connectivity index (χ2n) is 11.4. The molecule has 0 spiro atoms. The Hall–Kier alpha value is -5.97. The van der Waals surface area contributed by atoms with Crippen molar-refractivity contribution in [2.24, 2.45) is 0 Å². The van der Waals surface area contributed by atoms with Crippen LogP contribution >= 0.6 is 0 Å². The fraction of sp³-hybridized carbons (Fsp3) is 0.0233. The molecule has 5 heteroatoms. The van der Waals surface area contributed by atoms with E-state index in [2.05, 4.69) is 155 Å². The van der Waals surface area contributed by atoms with E-state index in [1.807, 2.05) is 30.3 Å². The summed E-state index contributed by atoms with van der Waals surface area (Å²) in [6, 6.07) is 59.2. The number of pyridine rings is 1. The van der Waals surface area contributed by atoms with Crippen molar-refractivity contribution in [1.29, 1.82) is 0 Å². The van der Waals surface area contributed by atoms with Gasteiger partial charge in [-0.05, 0) is 59.7 Å². The Morgan fingerprint density at radius 3 is 1.81 bits per heavy atom. The molecule has 0 bridgehead atoms. The van der Waals surface area contributed by atoms with Crippen LogP contribution in [0.1, 0.15) is 0 Å². The Bertz CT molecular complexity index is 2290. The lowest BCUT2D eigenvalue weighted by molar-refractivity contribution is -0.566. The predicted molar refractivity (Wildman–Crippen MR) is 191 cm³/mol. The first kappa shape index (κ1) is 30.7. The molecule has 0 saturated heterocycles. The van der Waals surface area contributed by atoms with E-state index in [4.69, 9.17) is 9.72 Å². The van der Waals surface area contributed by atoms with Crippen LogP contribution in [0.25, 0.3) is 67.2 Å². The molecule has 0 unspecified atom stereocenters. The second kappa shape index (κ2) is 13.4. The number of benzene rings is 6. The third-order valence-corrected chi connectivity index (χ3v) is 8.63. The number of rotatable bonds is 7. The number of imidazole rings is 1. The normalized spacial score (nSPS) is 10.9. The van der Waals surface area contributed by atoms with Gasteiger partial charge in [0.25, 0.3) is 6.33 Å². The molecular formula is C43H32ClN3O. The largest absolute Gasteiger partial charge is 1.00 e. The van der Waals surface area contributed by atoms with Crippen molar-refractivity contribution in [2.75, 3.05) is 7.11 Å². The Morgan fingerprint density at radius 2 is 1.08 bits per heavy atom. The summed E-state index contributed by atoms with van der Waals surface area (Å²) in [6.07, 6.45) is 2.22. The van der Waals surface area contributed by atoms with E-state index in [9.17, 15) is 0 Å². The molecule has 232 valence electrons. The number of hydrogen-bond donors (Lipinski definition) is 0. The highest BCUT2D eigenvalue weighted by molar-refractivity contribution is 5.85. The maximum Gasteiger partial charge on any atom is 0.255 e. The highest BCUT2D eigenvalue weighted by Crippen LogP contribution is 2.35. The average Bonchev–Trinajstić information content (AvgIpc) is 3.55. The standard InChI is InChI=1S/C43H32N3O.ClH/c1-47-42-28-11-8-21-37(42)39-25-14-24-38(44-39)33-19-12-20-34(29-33)45-30-46(41-27-10-9-26-40(41)45)43-35(31-15-4-2-5-16-31)22-13-23-36(43)32-17-6-3-7-18-32;/h2-30H,1H3;1H/q+1;/p-1. The number of ether oxygens (including phenoxy) is 1. The highest BCUT2D eigenvalue weighted by Gasteiger charge is 2.24. The molecule has 0 aliphatic rings. The van der Waals surface area contributed by atoms with Gasteiger partial charge in [0.15, 0.2) is 11.0 Å². The maximum absolute atomic E-state index is 5.63. The molecule has 0 fully saturated rings. The van der Waals surface area contributed by atoms with E-state index >= 15 is 0 Å². The zero-order chi connectivity index (χ0) is 31.6. The predicted octanol–water partition coefficient (Wildman–Crippen LogP) is 6.98. The Balaban J connectivity index is 0.00000364. The van der Waals surface area contributed by atoms with Crippen molar-refractivity contribution in [3.63, 3.8) is 0 Å². The summed E-state index contributed by atoms with van der Waals surface area (Å²) in [5, 5.41) is 0. The van der Waals surface area contributed by atoms with Gasteiger partial charge in [0.1, 0.15) is 17.1 Å². The molecule has 6 aromatic carbocycles. The van der Waals surface area contributed by atoms with Crippen molar-refractivity contribution < 1.29 is 21.7 Å². The van der Waals surface area contributed by atoms with Gasteiger partial charge < -0.3 is 17.1 Å². The number of aromatic nitrogens is 3. The molecular weight excluding hydrogens is 610 g/mol. The lowest BCUT2D eigenvalue weighted by atomic mass is 9.95. The maximum atomic E-state index is 5.63. The second-order valence-corrected chi connectivity index (χ2v) is 11.4. The van der Waals surface area contributed by atoms with Gasteiger partial charge in [-0.15, -0.1) is 0 Å². The van der Waals surface area contributed by atoms with Gasteiger partial charge in [0.05, 0.1) is 18.5 Å². The van der Waals surface area contributed by atoms with E-state index in [0.717, 1.165) is 50.7 Å². The highest BCUT2D eigenvalue weighted by atomic mass is 35.5. The van der Waals surface area contributed by atoms with Crippen molar-refractivity contribution >= 4 is 11.0 Å². The summed E-state index contributed by atoms with van der Waals surface area (Å²) >= 11 is 0. The van der Waals surface area contributed by atoms with E-state index in [1.165, 1.54) is 22.3 Å². The minimum absolute atomic E-state index is 0. The van der Waals surface area contributed by atoms with Crippen molar-refractivity contribution in [1.82, 2.24) is 9.55 Å². The summed E-state index contributed by atoms with van der Waals surface area (Å²) in [5.41, 5.74) is 12.9. The Labute approximate surface area is 286 Å². The SMILES string of the molecule is COc1ccccc1-c1cccc(-c2cccc(-n3c[n+](-c4c(-c5ccccc5)cccc4-c4ccccc4)c4ccccc43)c2)n1.[Cl-]. The van der Waals surface area contributed by atoms with E-state index in [-0.39, 0.29) is 12.4 Å². The molecule has 2 heterocycles. The van der Waals surface area contributed by atoms with Crippen LogP contribution in [0, 0.1) is 0 Å². The molecule has 0 aliphatic carbocycles. The molecule has 8 rings (SSSR count). The van der Waals surface area contributed by atoms with Crippen LogP contribution in [0.3, 0.4) is 0 Å². The van der Waals surface area contributed by atoms with Gasteiger partial charge in [-0.25, -0.2) is 4.98 Å². The first-order chi connectivity index (χ1) is 23.3. The van der Waals surface area contributed by atoms with Gasteiger partial charge in [-0.1, -0.05) is 121 Å². The number of nitrogens with zero attached hydrogens (tertiary/aromatic N) is 3. The molecule has 4 nitrogen and oxygen atoms in total. The minimum atomic E-state index is 0. The topological polar surface area (TPSA) is 30.9 Å².